The van der Waals surface area contributed by atoms with Crippen molar-refractivity contribution in [2.45, 2.75) is 69.9 Å². The molecular weight excluding hydrogens is 186 g/mol. The van der Waals surface area contributed by atoms with Crippen molar-refractivity contribution in [3.63, 3.8) is 0 Å². The molecule has 1 radical (unpaired) electrons. The quantitative estimate of drug-likeness (QED) is 0.687. The second kappa shape index (κ2) is 4.84. The van der Waals surface area contributed by atoms with Crippen LogP contribution in [-0.4, -0.2) is 29.6 Å². The zero-order chi connectivity index (χ0) is 10.7. The lowest BCUT2D eigenvalue weighted by molar-refractivity contribution is -0.0286. The summed E-state index contributed by atoms with van der Waals surface area (Å²) in [6.45, 7) is 4.44. The zero-order valence-corrected chi connectivity index (χ0v) is 10.0. The van der Waals surface area contributed by atoms with Crippen LogP contribution < -0.4 is 0 Å². The summed E-state index contributed by atoms with van der Waals surface area (Å²) in [5.41, 5.74) is 0.471. The van der Waals surface area contributed by atoms with Crippen LogP contribution >= 0.6 is 0 Å². The Bertz CT molecular complexity index is 191. The van der Waals surface area contributed by atoms with Gasteiger partial charge in [0.1, 0.15) is 0 Å². The van der Waals surface area contributed by atoms with Gasteiger partial charge in [-0.05, 0) is 32.1 Å². The second-order valence-corrected chi connectivity index (χ2v) is 5.32. The first kappa shape index (κ1) is 11.4. The van der Waals surface area contributed by atoms with Gasteiger partial charge in [-0.15, -0.1) is 0 Å². The maximum absolute atomic E-state index is 11.3. The topological polar surface area (TPSA) is 23.1 Å². The molecule has 1 heterocycles. The smallest absolute Gasteiger partial charge is 0.0954 e. The number of nitrogens with zero attached hydrogens (tertiary/aromatic N) is 1. The highest BCUT2D eigenvalue weighted by atomic mass is 16.3. The molecule has 1 saturated carbocycles. The molecule has 0 amide bonds. The number of piperidine rings is 1. The Kier molecular flexibility index (Phi) is 3.68. The second-order valence-electron chi connectivity index (χ2n) is 5.32. The first-order valence-electron chi connectivity index (χ1n) is 6.68. The zero-order valence-electron chi connectivity index (χ0n) is 10.0. The third-order valence-corrected chi connectivity index (χ3v) is 4.56. The number of rotatable bonds is 2. The van der Waals surface area contributed by atoms with E-state index in [0.29, 0.717) is 5.54 Å². The average Bonchev–Trinajstić information content (AvgIpc) is 2.31. The van der Waals surface area contributed by atoms with E-state index in [9.17, 15) is 5.11 Å². The van der Waals surface area contributed by atoms with Gasteiger partial charge in [0.25, 0.3) is 0 Å². The van der Waals surface area contributed by atoms with Gasteiger partial charge in [0.2, 0.25) is 0 Å². The van der Waals surface area contributed by atoms with Gasteiger partial charge in [0.15, 0.2) is 0 Å². The molecule has 2 rings (SSSR count). The molecule has 0 bridgehead atoms. The first-order valence-corrected chi connectivity index (χ1v) is 6.68. The van der Waals surface area contributed by atoms with Gasteiger partial charge in [-0.1, -0.05) is 26.2 Å². The van der Waals surface area contributed by atoms with Crippen LogP contribution in [-0.2, 0) is 5.11 Å². The summed E-state index contributed by atoms with van der Waals surface area (Å²) in [5.74, 6) is 0. The van der Waals surface area contributed by atoms with Gasteiger partial charge in [0.05, 0.1) is 6.10 Å². The SMILES string of the molecule is CCC1(N2CCC([O])CC2)CCCCC1. The molecule has 2 fully saturated rings. The summed E-state index contributed by atoms with van der Waals surface area (Å²) >= 11 is 0. The van der Waals surface area contributed by atoms with Crippen molar-refractivity contribution in [3.8, 4) is 0 Å². The number of hydrogen-bond donors (Lipinski definition) is 0. The summed E-state index contributed by atoms with van der Waals surface area (Å²) in [5, 5.41) is 11.3. The van der Waals surface area contributed by atoms with Gasteiger partial charge in [-0.2, -0.15) is 0 Å². The van der Waals surface area contributed by atoms with Gasteiger partial charge in [-0.3, -0.25) is 4.90 Å². The molecule has 2 aliphatic rings. The number of likely N-dealkylation sites (tertiary alicyclic amines) is 1. The molecule has 1 aliphatic heterocycles. The summed E-state index contributed by atoms with van der Waals surface area (Å²) < 4.78 is 0. The minimum absolute atomic E-state index is 0.279. The predicted octanol–water partition coefficient (Wildman–Crippen LogP) is 2.99. The van der Waals surface area contributed by atoms with Gasteiger partial charge in [-0.25, -0.2) is 5.11 Å². The molecule has 0 atom stereocenters. The Labute approximate surface area is 93.7 Å². The molecule has 0 aromatic carbocycles. The molecule has 0 aromatic rings. The van der Waals surface area contributed by atoms with E-state index < -0.39 is 0 Å². The van der Waals surface area contributed by atoms with E-state index in [1.54, 1.807) is 0 Å². The van der Waals surface area contributed by atoms with E-state index in [4.69, 9.17) is 0 Å². The molecular formula is C13H24NO. The molecule has 0 spiro atoms. The van der Waals surface area contributed by atoms with Crippen molar-refractivity contribution in [2.75, 3.05) is 13.1 Å². The normalized spacial score (nSPS) is 29.2. The predicted molar refractivity (Wildman–Crippen MR) is 61.4 cm³/mol. The highest BCUT2D eigenvalue weighted by molar-refractivity contribution is 4.93. The molecule has 0 unspecified atom stereocenters. The standard InChI is InChI=1S/C13H24NO/c1-2-13(8-4-3-5-9-13)14-10-6-12(15)7-11-14/h12H,2-11H2,1H3. The van der Waals surface area contributed by atoms with Crippen LogP contribution in [0.4, 0.5) is 0 Å². The van der Waals surface area contributed by atoms with E-state index in [1.165, 1.54) is 38.5 Å². The summed E-state index contributed by atoms with van der Waals surface area (Å²) in [4.78, 5) is 2.64. The van der Waals surface area contributed by atoms with Crippen LogP contribution in [0.1, 0.15) is 58.3 Å². The Balaban J connectivity index is 1.98. The molecule has 15 heavy (non-hydrogen) atoms. The summed E-state index contributed by atoms with van der Waals surface area (Å²) in [7, 11) is 0. The third kappa shape index (κ3) is 2.36. The Morgan fingerprint density at radius 2 is 1.73 bits per heavy atom. The van der Waals surface area contributed by atoms with Crippen LogP contribution in [0.2, 0.25) is 0 Å². The van der Waals surface area contributed by atoms with Gasteiger partial charge < -0.3 is 0 Å². The van der Waals surface area contributed by atoms with Crippen molar-refractivity contribution in [2.24, 2.45) is 0 Å². The molecule has 0 N–H and O–H groups in total. The Morgan fingerprint density at radius 3 is 2.27 bits per heavy atom. The van der Waals surface area contributed by atoms with Crippen molar-refractivity contribution in [3.05, 3.63) is 0 Å². The van der Waals surface area contributed by atoms with E-state index >= 15 is 0 Å². The fourth-order valence-electron chi connectivity index (χ4n) is 3.43. The minimum Gasteiger partial charge on any atom is -0.297 e. The Hall–Kier alpha value is -0.0800. The summed E-state index contributed by atoms with van der Waals surface area (Å²) in [6.07, 6.45) is 9.69. The maximum Gasteiger partial charge on any atom is 0.0954 e. The number of hydrogen-bond acceptors (Lipinski definition) is 1. The highest BCUT2D eigenvalue weighted by Gasteiger charge is 2.37. The van der Waals surface area contributed by atoms with E-state index in [-0.39, 0.29) is 6.10 Å². The largest absolute Gasteiger partial charge is 0.297 e. The van der Waals surface area contributed by atoms with Gasteiger partial charge in [0, 0.05) is 18.6 Å². The van der Waals surface area contributed by atoms with Crippen LogP contribution in [0.3, 0.4) is 0 Å². The lowest BCUT2D eigenvalue weighted by atomic mass is 9.77. The molecule has 1 saturated heterocycles. The Morgan fingerprint density at radius 1 is 1.13 bits per heavy atom. The average molecular weight is 210 g/mol. The molecule has 1 aliphatic carbocycles. The lowest BCUT2D eigenvalue weighted by Gasteiger charge is -2.48. The van der Waals surface area contributed by atoms with Crippen molar-refractivity contribution >= 4 is 0 Å². The summed E-state index contributed by atoms with van der Waals surface area (Å²) in [6, 6.07) is 0. The molecule has 2 heteroatoms. The van der Waals surface area contributed by atoms with Crippen LogP contribution in [0.25, 0.3) is 0 Å². The van der Waals surface area contributed by atoms with Crippen LogP contribution in [0, 0.1) is 0 Å². The van der Waals surface area contributed by atoms with E-state index in [1.807, 2.05) is 0 Å². The van der Waals surface area contributed by atoms with Crippen LogP contribution in [0.5, 0.6) is 0 Å². The lowest BCUT2D eigenvalue weighted by Crippen LogP contribution is -2.53. The molecule has 87 valence electrons. The first-order chi connectivity index (χ1) is 7.27. The van der Waals surface area contributed by atoms with E-state index in [0.717, 1.165) is 25.9 Å². The van der Waals surface area contributed by atoms with Crippen LogP contribution in [0.15, 0.2) is 0 Å². The van der Waals surface area contributed by atoms with Crippen molar-refractivity contribution in [1.29, 1.82) is 0 Å². The minimum atomic E-state index is -0.279. The maximum atomic E-state index is 11.3. The fraction of sp³-hybridized carbons (Fsp3) is 1.00. The highest BCUT2D eigenvalue weighted by Crippen LogP contribution is 2.37. The monoisotopic (exact) mass is 210 g/mol. The van der Waals surface area contributed by atoms with Crippen molar-refractivity contribution in [1.82, 2.24) is 4.90 Å². The molecule has 0 aromatic heterocycles. The fourth-order valence-corrected chi connectivity index (χ4v) is 3.43. The van der Waals surface area contributed by atoms with E-state index in [2.05, 4.69) is 11.8 Å². The van der Waals surface area contributed by atoms with Crippen molar-refractivity contribution < 1.29 is 5.11 Å². The third-order valence-electron chi connectivity index (χ3n) is 4.56. The molecule has 2 nitrogen and oxygen atoms in total. The van der Waals surface area contributed by atoms with Gasteiger partial charge >= 0.3 is 0 Å².